The normalized spacial score (nSPS) is 16.9. The van der Waals surface area contributed by atoms with E-state index >= 15 is 0 Å². The summed E-state index contributed by atoms with van der Waals surface area (Å²) < 4.78 is 33.2. The summed E-state index contributed by atoms with van der Waals surface area (Å²) in [6.07, 6.45) is 1.28. The molecule has 1 amide bonds. The number of hydrogen-bond donors (Lipinski definition) is 1. The minimum atomic E-state index is -3.59. The molecule has 0 aliphatic carbocycles. The van der Waals surface area contributed by atoms with Crippen molar-refractivity contribution in [3.63, 3.8) is 0 Å². The number of carbonyl (C=O) groups excluding carboxylic acids is 1. The molecule has 3 aromatic rings. The lowest BCUT2D eigenvalue weighted by molar-refractivity contribution is -0.126. The van der Waals surface area contributed by atoms with Crippen molar-refractivity contribution in [2.75, 3.05) is 26.2 Å². The summed E-state index contributed by atoms with van der Waals surface area (Å²) in [5, 5.41) is 5.69. The molecule has 0 spiro atoms. The highest BCUT2D eigenvalue weighted by Crippen LogP contribution is 2.27. The molecule has 1 N–H and O–H groups in total. The van der Waals surface area contributed by atoms with Crippen molar-refractivity contribution in [1.82, 2.24) is 9.62 Å². The SMILES string of the molecule is O=C(NCCOc1cccc2ccccc12)[C@H]1CCCN(S(=O)(=O)Cc2ccc(Cl)c(Cl)c2)C1. The fourth-order valence-electron chi connectivity index (χ4n) is 4.14. The molecule has 1 aliphatic rings. The van der Waals surface area contributed by atoms with E-state index in [9.17, 15) is 13.2 Å². The van der Waals surface area contributed by atoms with Crippen LogP contribution in [0.5, 0.6) is 5.75 Å². The fourth-order valence-corrected chi connectivity index (χ4v) is 6.06. The first kappa shape index (κ1) is 24.8. The fraction of sp³-hybridized carbons (Fsp3) is 0.320. The van der Waals surface area contributed by atoms with Crippen LogP contribution in [0.2, 0.25) is 10.0 Å². The molecule has 0 bridgehead atoms. The molecule has 4 rings (SSSR count). The summed E-state index contributed by atoms with van der Waals surface area (Å²) in [6.45, 7) is 1.23. The quantitative estimate of drug-likeness (QED) is 0.429. The molecule has 0 radical (unpaired) electrons. The second kappa shape index (κ2) is 11.0. The molecule has 0 unspecified atom stereocenters. The summed E-state index contributed by atoms with van der Waals surface area (Å²) in [5.41, 5.74) is 0.562. The van der Waals surface area contributed by atoms with E-state index in [-0.39, 0.29) is 18.2 Å². The number of fused-ring (bicyclic) bond motifs is 1. The number of carbonyl (C=O) groups is 1. The molecule has 0 saturated carbocycles. The number of amides is 1. The third-order valence-corrected chi connectivity index (χ3v) is 8.45. The predicted octanol–water partition coefficient (Wildman–Crippen LogP) is 4.88. The highest BCUT2D eigenvalue weighted by molar-refractivity contribution is 7.88. The van der Waals surface area contributed by atoms with Gasteiger partial charge in [0.25, 0.3) is 0 Å². The first-order chi connectivity index (χ1) is 16.3. The molecule has 6 nitrogen and oxygen atoms in total. The Morgan fingerprint density at radius 3 is 2.68 bits per heavy atom. The Bertz CT molecular complexity index is 1280. The van der Waals surface area contributed by atoms with Crippen LogP contribution in [0.4, 0.5) is 0 Å². The van der Waals surface area contributed by atoms with E-state index in [0.717, 1.165) is 16.5 Å². The van der Waals surface area contributed by atoms with Gasteiger partial charge >= 0.3 is 0 Å². The Labute approximate surface area is 209 Å². The molecule has 3 aromatic carbocycles. The minimum Gasteiger partial charge on any atom is -0.491 e. The smallest absolute Gasteiger partial charge is 0.224 e. The predicted molar refractivity (Wildman–Crippen MR) is 136 cm³/mol. The van der Waals surface area contributed by atoms with Gasteiger partial charge in [-0.05, 0) is 42.0 Å². The number of hydrogen-bond acceptors (Lipinski definition) is 4. The lowest BCUT2D eigenvalue weighted by Crippen LogP contribution is -2.46. The second-order valence-corrected chi connectivity index (χ2v) is 11.1. The first-order valence-electron chi connectivity index (χ1n) is 11.1. The molecule has 1 aliphatic heterocycles. The summed E-state index contributed by atoms with van der Waals surface area (Å²) in [5.74, 6) is 0.0346. The van der Waals surface area contributed by atoms with Gasteiger partial charge in [-0.3, -0.25) is 4.79 Å². The monoisotopic (exact) mass is 520 g/mol. The van der Waals surface area contributed by atoms with E-state index in [1.54, 1.807) is 18.2 Å². The third-order valence-electron chi connectivity index (χ3n) is 5.89. The van der Waals surface area contributed by atoms with Crippen molar-refractivity contribution < 1.29 is 17.9 Å². The highest BCUT2D eigenvalue weighted by atomic mass is 35.5. The maximum atomic E-state index is 12.9. The summed E-state index contributed by atoms with van der Waals surface area (Å²) >= 11 is 11.9. The van der Waals surface area contributed by atoms with Crippen molar-refractivity contribution in [2.45, 2.75) is 18.6 Å². The lowest BCUT2D eigenvalue weighted by Gasteiger charge is -2.31. The topological polar surface area (TPSA) is 75.7 Å². The molecule has 1 fully saturated rings. The van der Waals surface area contributed by atoms with Crippen molar-refractivity contribution in [3.05, 3.63) is 76.3 Å². The molecule has 9 heteroatoms. The zero-order chi connectivity index (χ0) is 24.1. The number of nitrogens with one attached hydrogen (secondary N) is 1. The van der Waals surface area contributed by atoms with E-state index in [4.69, 9.17) is 27.9 Å². The standard InChI is InChI=1S/C25H26Cl2N2O4S/c26-22-11-10-18(15-23(22)27)17-34(31,32)29-13-4-7-20(16-29)25(30)28-12-14-33-24-9-3-6-19-5-1-2-8-21(19)24/h1-3,5-6,8-11,15,20H,4,7,12-14,16-17H2,(H,28,30)/t20-/m0/s1. The number of piperidine rings is 1. The third kappa shape index (κ3) is 6.02. The van der Waals surface area contributed by atoms with Gasteiger partial charge in [0.05, 0.1) is 28.3 Å². The molecule has 180 valence electrons. The van der Waals surface area contributed by atoms with E-state index < -0.39 is 15.9 Å². The Balaban J connectivity index is 1.29. The minimum absolute atomic E-state index is 0.157. The van der Waals surface area contributed by atoms with Crippen LogP contribution < -0.4 is 10.1 Å². The van der Waals surface area contributed by atoms with Crippen molar-refractivity contribution >= 4 is 49.9 Å². The Kier molecular flexibility index (Phi) is 7.99. The first-order valence-corrected chi connectivity index (χ1v) is 13.5. The Morgan fingerprint density at radius 2 is 1.85 bits per heavy atom. The molecular formula is C25H26Cl2N2O4S. The number of benzene rings is 3. The maximum absolute atomic E-state index is 12.9. The van der Waals surface area contributed by atoms with Crippen LogP contribution in [0.3, 0.4) is 0 Å². The average molecular weight is 521 g/mol. The molecule has 0 aromatic heterocycles. The van der Waals surface area contributed by atoms with Gasteiger partial charge in [-0.25, -0.2) is 12.7 Å². The number of rotatable bonds is 8. The van der Waals surface area contributed by atoms with Crippen molar-refractivity contribution in [2.24, 2.45) is 5.92 Å². The summed E-state index contributed by atoms with van der Waals surface area (Å²) in [7, 11) is -3.59. The number of halogens is 2. The Morgan fingerprint density at radius 1 is 1.06 bits per heavy atom. The van der Waals surface area contributed by atoms with Crippen molar-refractivity contribution in [1.29, 1.82) is 0 Å². The van der Waals surface area contributed by atoms with Crippen LogP contribution in [-0.2, 0) is 20.6 Å². The van der Waals surface area contributed by atoms with Gasteiger partial charge in [-0.1, -0.05) is 65.7 Å². The van der Waals surface area contributed by atoms with E-state index in [1.165, 1.54) is 4.31 Å². The van der Waals surface area contributed by atoms with Crippen LogP contribution in [0.15, 0.2) is 60.7 Å². The highest BCUT2D eigenvalue weighted by Gasteiger charge is 2.32. The van der Waals surface area contributed by atoms with E-state index in [0.29, 0.717) is 48.1 Å². The van der Waals surface area contributed by atoms with Crippen LogP contribution >= 0.6 is 23.2 Å². The van der Waals surface area contributed by atoms with Gasteiger partial charge in [0, 0.05) is 18.5 Å². The molecule has 1 heterocycles. The van der Waals surface area contributed by atoms with Crippen LogP contribution in [0.25, 0.3) is 10.8 Å². The molecular weight excluding hydrogens is 495 g/mol. The van der Waals surface area contributed by atoms with Crippen LogP contribution in [-0.4, -0.2) is 44.9 Å². The lowest BCUT2D eigenvalue weighted by atomic mass is 9.99. The van der Waals surface area contributed by atoms with Gasteiger partial charge in [-0.15, -0.1) is 0 Å². The van der Waals surface area contributed by atoms with Crippen LogP contribution in [0, 0.1) is 5.92 Å². The molecule has 34 heavy (non-hydrogen) atoms. The number of nitrogens with zero attached hydrogens (tertiary/aromatic N) is 1. The maximum Gasteiger partial charge on any atom is 0.224 e. The van der Waals surface area contributed by atoms with Gasteiger partial charge in [0.15, 0.2) is 0 Å². The van der Waals surface area contributed by atoms with E-state index in [1.807, 2.05) is 42.5 Å². The molecule has 1 saturated heterocycles. The van der Waals surface area contributed by atoms with Gasteiger partial charge in [0.1, 0.15) is 12.4 Å². The van der Waals surface area contributed by atoms with Gasteiger partial charge < -0.3 is 10.1 Å². The second-order valence-electron chi connectivity index (χ2n) is 8.32. The van der Waals surface area contributed by atoms with Crippen molar-refractivity contribution in [3.8, 4) is 5.75 Å². The number of ether oxygens (including phenoxy) is 1. The van der Waals surface area contributed by atoms with Crippen LogP contribution in [0.1, 0.15) is 18.4 Å². The summed E-state index contributed by atoms with van der Waals surface area (Å²) in [4.78, 5) is 12.7. The largest absolute Gasteiger partial charge is 0.491 e. The van der Waals surface area contributed by atoms with Gasteiger partial charge in [-0.2, -0.15) is 0 Å². The zero-order valence-corrected chi connectivity index (χ0v) is 20.9. The van der Waals surface area contributed by atoms with E-state index in [2.05, 4.69) is 5.32 Å². The average Bonchev–Trinajstić information content (AvgIpc) is 2.84. The summed E-state index contributed by atoms with van der Waals surface area (Å²) in [6, 6.07) is 18.6. The molecule has 1 atom stereocenters. The number of sulfonamides is 1. The zero-order valence-electron chi connectivity index (χ0n) is 18.5. The Hall–Kier alpha value is -2.32. The van der Waals surface area contributed by atoms with Gasteiger partial charge in [0.2, 0.25) is 15.9 Å².